The van der Waals surface area contributed by atoms with Gasteiger partial charge < -0.3 is 10.6 Å². The van der Waals surface area contributed by atoms with Crippen molar-refractivity contribution in [2.45, 2.75) is 30.8 Å². The van der Waals surface area contributed by atoms with Gasteiger partial charge in [0.1, 0.15) is 0 Å². The fourth-order valence-corrected chi connectivity index (χ4v) is 2.74. The van der Waals surface area contributed by atoms with Gasteiger partial charge in [-0.05, 0) is 25.8 Å². The molecule has 2 saturated heterocycles. The second kappa shape index (κ2) is 2.94. The molecule has 0 bridgehead atoms. The minimum atomic E-state index is 0.556. The lowest BCUT2D eigenvalue weighted by molar-refractivity contribution is 0.144. The van der Waals surface area contributed by atoms with E-state index in [1.54, 1.807) is 0 Å². The van der Waals surface area contributed by atoms with E-state index in [-0.39, 0.29) is 0 Å². The molecule has 1 unspecified atom stereocenters. The van der Waals surface area contributed by atoms with E-state index in [2.05, 4.69) is 15.5 Å². The number of hydrogen-bond acceptors (Lipinski definition) is 3. The van der Waals surface area contributed by atoms with E-state index in [1.165, 1.54) is 52.0 Å². The third kappa shape index (κ3) is 1.49. The minimum Gasteiger partial charge on any atom is -0.315 e. The summed E-state index contributed by atoms with van der Waals surface area (Å²) in [5.74, 6) is 0. The summed E-state index contributed by atoms with van der Waals surface area (Å²) >= 11 is 0. The highest BCUT2D eigenvalue weighted by Gasteiger charge is 2.46. The molecule has 0 aromatic carbocycles. The van der Waals surface area contributed by atoms with Gasteiger partial charge in [-0.1, -0.05) is 0 Å². The predicted molar refractivity (Wildman–Crippen MR) is 52.8 cm³/mol. The van der Waals surface area contributed by atoms with E-state index >= 15 is 0 Å². The highest BCUT2D eigenvalue weighted by atomic mass is 15.3. The summed E-state index contributed by atoms with van der Waals surface area (Å²) in [5, 5.41) is 7.12. The maximum Gasteiger partial charge on any atom is 0.0310 e. The fraction of sp³-hybridized carbons (Fsp3) is 1.00. The third-order valence-electron chi connectivity index (χ3n) is 3.81. The first-order valence-corrected chi connectivity index (χ1v) is 5.58. The van der Waals surface area contributed by atoms with E-state index in [0.29, 0.717) is 5.54 Å². The average Bonchev–Trinajstić information content (AvgIpc) is 2.73. The summed E-state index contributed by atoms with van der Waals surface area (Å²) in [6.45, 7) is 6.21. The second-order valence-corrected chi connectivity index (χ2v) is 4.82. The van der Waals surface area contributed by atoms with Gasteiger partial charge in [0.15, 0.2) is 0 Å². The molecule has 0 radical (unpaired) electrons. The first-order valence-electron chi connectivity index (χ1n) is 5.58. The van der Waals surface area contributed by atoms with Crippen molar-refractivity contribution < 1.29 is 0 Å². The molecule has 13 heavy (non-hydrogen) atoms. The second-order valence-electron chi connectivity index (χ2n) is 4.82. The largest absolute Gasteiger partial charge is 0.315 e. The first-order chi connectivity index (χ1) is 6.38. The van der Waals surface area contributed by atoms with Crippen LogP contribution in [0.4, 0.5) is 0 Å². The van der Waals surface area contributed by atoms with Crippen molar-refractivity contribution in [3.63, 3.8) is 0 Å². The number of hydrogen-bond donors (Lipinski definition) is 2. The maximum absolute atomic E-state index is 3.66. The molecule has 3 fully saturated rings. The van der Waals surface area contributed by atoms with Crippen LogP contribution in [-0.2, 0) is 0 Å². The van der Waals surface area contributed by atoms with E-state index in [4.69, 9.17) is 0 Å². The molecular formula is C10H19N3. The standard InChI is InChI=1S/C10H19N3/c1-4-11-7-9(1)13-6-5-12-10(8-13)2-3-10/h9,11-12H,1-8H2. The molecule has 3 heteroatoms. The van der Waals surface area contributed by atoms with Crippen molar-refractivity contribution in [2.75, 3.05) is 32.7 Å². The highest BCUT2D eigenvalue weighted by Crippen LogP contribution is 2.38. The zero-order valence-corrected chi connectivity index (χ0v) is 8.18. The number of rotatable bonds is 1. The fourth-order valence-electron chi connectivity index (χ4n) is 2.74. The topological polar surface area (TPSA) is 27.3 Å². The van der Waals surface area contributed by atoms with Crippen LogP contribution in [0.5, 0.6) is 0 Å². The zero-order chi connectivity index (χ0) is 8.73. The molecule has 1 spiro atoms. The Morgan fingerprint density at radius 3 is 2.85 bits per heavy atom. The lowest BCUT2D eigenvalue weighted by Gasteiger charge is -2.37. The molecular weight excluding hydrogens is 162 g/mol. The number of nitrogens with one attached hydrogen (secondary N) is 2. The number of nitrogens with zero attached hydrogens (tertiary/aromatic N) is 1. The lowest BCUT2D eigenvalue weighted by atomic mass is 10.1. The average molecular weight is 181 g/mol. The van der Waals surface area contributed by atoms with Gasteiger partial charge in [0.2, 0.25) is 0 Å². The first kappa shape index (κ1) is 8.21. The predicted octanol–water partition coefficient (Wildman–Crippen LogP) is -0.214. The van der Waals surface area contributed by atoms with Crippen LogP contribution in [0.3, 0.4) is 0 Å². The molecule has 1 aliphatic carbocycles. The van der Waals surface area contributed by atoms with Gasteiger partial charge >= 0.3 is 0 Å². The van der Waals surface area contributed by atoms with Gasteiger partial charge in [-0.25, -0.2) is 0 Å². The molecule has 0 aromatic rings. The molecule has 3 rings (SSSR count). The Morgan fingerprint density at radius 1 is 1.23 bits per heavy atom. The quantitative estimate of drug-likeness (QED) is 0.586. The van der Waals surface area contributed by atoms with Crippen molar-refractivity contribution in [2.24, 2.45) is 0 Å². The maximum atomic E-state index is 3.66. The number of piperazine rings is 1. The van der Waals surface area contributed by atoms with Crippen LogP contribution in [0.25, 0.3) is 0 Å². The lowest BCUT2D eigenvalue weighted by Crippen LogP contribution is -2.55. The van der Waals surface area contributed by atoms with Crippen LogP contribution in [0, 0.1) is 0 Å². The Balaban J connectivity index is 1.63. The monoisotopic (exact) mass is 181 g/mol. The molecule has 0 aromatic heterocycles. The molecule has 74 valence electrons. The van der Waals surface area contributed by atoms with Crippen LogP contribution < -0.4 is 10.6 Å². The van der Waals surface area contributed by atoms with Gasteiger partial charge in [-0.3, -0.25) is 4.90 Å². The van der Waals surface area contributed by atoms with Crippen molar-refractivity contribution in [3.8, 4) is 0 Å². The summed E-state index contributed by atoms with van der Waals surface area (Å²) in [4.78, 5) is 2.70. The third-order valence-corrected chi connectivity index (χ3v) is 3.81. The Hall–Kier alpha value is -0.120. The zero-order valence-electron chi connectivity index (χ0n) is 8.18. The summed E-state index contributed by atoms with van der Waals surface area (Å²) in [6, 6.07) is 0.833. The molecule has 2 heterocycles. The van der Waals surface area contributed by atoms with Crippen molar-refractivity contribution >= 4 is 0 Å². The molecule has 2 aliphatic heterocycles. The normalized spacial score (nSPS) is 38.3. The molecule has 3 aliphatic rings. The van der Waals surface area contributed by atoms with Gasteiger partial charge in [-0.15, -0.1) is 0 Å². The van der Waals surface area contributed by atoms with Crippen molar-refractivity contribution in [1.82, 2.24) is 15.5 Å². The Morgan fingerprint density at radius 2 is 2.15 bits per heavy atom. The van der Waals surface area contributed by atoms with Crippen molar-refractivity contribution in [1.29, 1.82) is 0 Å². The summed E-state index contributed by atoms with van der Waals surface area (Å²) in [6.07, 6.45) is 4.17. The van der Waals surface area contributed by atoms with Crippen molar-refractivity contribution in [3.05, 3.63) is 0 Å². The smallest absolute Gasteiger partial charge is 0.0310 e. The van der Waals surface area contributed by atoms with Crippen LogP contribution in [0.15, 0.2) is 0 Å². The SMILES string of the molecule is C1CC(N2CCNC3(CC3)C2)CN1. The minimum absolute atomic E-state index is 0.556. The Bertz CT molecular complexity index is 194. The molecule has 3 nitrogen and oxygen atoms in total. The Labute approximate surface area is 79.9 Å². The summed E-state index contributed by atoms with van der Waals surface area (Å²) in [7, 11) is 0. The summed E-state index contributed by atoms with van der Waals surface area (Å²) < 4.78 is 0. The van der Waals surface area contributed by atoms with Crippen LogP contribution in [-0.4, -0.2) is 49.2 Å². The van der Waals surface area contributed by atoms with E-state index in [0.717, 1.165) is 6.04 Å². The van der Waals surface area contributed by atoms with Gasteiger partial charge in [0.05, 0.1) is 0 Å². The molecule has 1 atom stereocenters. The van der Waals surface area contributed by atoms with Gasteiger partial charge in [-0.2, -0.15) is 0 Å². The van der Waals surface area contributed by atoms with E-state index in [9.17, 15) is 0 Å². The van der Waals surface area contributed by atoms with Crippen LogP contribution in [0.1, 0.15) is 19.3 Å². The van der Waals surface area contributed by atoms with Crippen LogP contribution in [0.2, 0.25) is 0 Å². The van der Waals surface area contributed by atoms with Gasteiger partial charge in [0.25, 0.3) is 0 Å². The highest BCUT2D eigenvalue weighted by molar-refractivity contribution is 5.07. The summed E-state index contributed by atoms with van der Waals surface area (Å²) in [5.41, 5.74) is 0.556. The Kier molecular flexibility index (Phi) is 1.86. The molecule has 1 saturated carbocycles. The van der Waals surface area contributed by atoms with Gasteiger partial charge in [0, 0.05) is 37.8 Å². The molecule has 2 N–H and O–H groups in total. The molecule has 0 amide bonds. The van der Waals surface area contributed by atoms with Crippen LogP contribution >= 0.6 is 0 Å². The van der Waals surface area contributed by atoms with E-state index in [1.807, 2.05) is 0 Å². The van der Waals surface area contributed by atoms with E-state index < -0.39 is 0 Å².